The average molecular weight is 263 g/mol. The van der Waals surface area contributed by atoms with Gasteiger partial charge in [-0.2, -0.15) is 0 Å². The van der Waals surface area contributed by atoms with Crippen LogP contribution >= 0.6 is 23.2 Å². The summed E-state index contributed by atoms with van der Waals surface area (Å²) in [7, 11) is 0. The third-order valence-corrected chi connectivity index (χ3v) is 4.32. The minimum Gasteiger partial charge on any atom is -0.207 e. The van der Waals surface area contributed by atoms with Gasteiger partial charge in [-0.25, -0.2) is 4.39 Å². The van der Waals surface area contributed by atoms with Crippen LogP contribution in [0.3, 0.4) is 0 Å². The van der Waals surface area contributed by atoms with E-state index in [9.17, 15) is 4.39 Å². The van der Waals surface area contributed by atoms with E-state index in [0.29, 0.717) is 29.7 Å². The smallest absolute Gasteiger partial charge is 0.126 e. The predicted octanol–water partition coefficient (Wildman–Crippen LogP) is 4.49. The zero-order valence-corrected chi connectivity index (χ0v) is 11.2. The first kappa shape index (κ1) is 13.8. The Labute approximate surface area is 107 Å². The van der Waals surface area contributed by atoms with Gasteiger partial charge in [-0.3, -0.25) is 0 Å². The second-order valence-electron chi connectivity index (χ2n) is 4.55. The second kappa shape index (κ2) is 5.88. The topological polar surface area (TPSA) is 0 Å². The first-order valence-corrected chi connectivity index (χ1v) is 6.48. The Hall–Kier alpha value is -0.270. The lowest BCUT2D eigenvalue weighted by Gasteiger charge is -2.34. The highest BCUT2D eigenvalue weighted by Crippen LogP contribution is 2.35. The fourth-order valence-electron chi connectivity index (χ4n) is 1.66. The van der Waals surface area contributed by atoms with Gasteiger partial charge in [0.2, 0.25) is 0 Å². The highest BCUT2D eigenvalue weighted by molar-refractivity contribution is 6.21. The van der Waals surface area contributed by atoms with Gasteiger partial charge in [-0.15, -0.1) is 23.2 Å². The van der Waals surface area contributed by atoms with Gasteiger partial charge in [0.15, 0.2) is 0 Å². The number of hydrogen-bond acceptors (Lipinski definition) is 0. The molecule has 0 saturated heterocycles. The van der Waals surface area contributed by atoms with Gasteiger partial charge in [-0.1, -0.05) is 32.0 Å². The monoisotopic (exact) mass is 262 g/mol. The lowest BCUT2D eigenvalue weighted by molar-refractivity contribution is 0.256. The molecule has 0 amide bonds. The fraction of sp³-hybridized carbons (Fsp3) is 0.538. The Balaban J connectivity index is 2.96. The maximum atomic E-state index is 13.6. The van der Waals surface area contributed by atoms with E-state index in [0.717, 1.165) is 0 Å². The molecule has 0 aromatic heterocycles. The molecule has 1 aromatic carbocycles. The molecule has 0 fully saturated rings. The van der Waals surface area contributed by atoms with Crippen molar-refractivity contribution in [2.24, 2.45) is 11.3 Å². The quantitative estimate of drug-likeness (QED) is 0.687. The fourth-order valence-corrected chi connectivity index (χ4v) is 2.76. The molecule has 1 aromatic rings. The van der Waals surface area contributed by atoms with E-state index in [4.69, 9.17) is 23.2 Å². The van der Waals surface area contributed by atoms with Crippen molar-refractivity contribution in [1.29, 1.82) is 0 Å². The zero-order chi connectivity index (χ0) is 12.2. The van der Waals surface area contributed by atoms with Crippen LogP contribution in [0.25, 0.3) is 0 Å². The lowest BCUT2D eigenvalue weighted by Crippen LogP contribution is -2.34. The molecular formula is C13H17Cl2F. The Kier molecular flexibility index (Phi) is 5.07. The summed E-state index contributed by atoms with van der Waals surface area (Å²) in [5, 5.41) is 0. The molecule has 0 unspecified atom stereocenters. The largest absolute Gasteiger partial charge is 0.207 e. The van der Waals surface area contributed by atoms with E-state index in [-0.39, 0.29) is 11.2 Å². The van der Waals surface area contributed by atoms with Crippen LogP contribution in [0, 0.1) is 17.2 Å². The van der Waals surface area contributed by atoms with Gasteiger partial charge in [0, 0.05) is 17.2 Å². The molecule has 0 aliphatic rings. The highest BCUT2D eigenvalue weighted by atomic mass is 35.5. The maximum absolute atomic E-state index is 13.6. The second-order valence-corrected chi connectivity index (χ2v) is 5.09. The summed E-state index contributed by atoms with van der Waals surface area (Å²) in [6, 6.07) is 6.80. The summed E-state index contributed by atoms with van der Waals surface area (Å²) in [5.74, 6) is 1.04. The highest BCUT2D eigenvalue weighted by Gasteiger charge is 2.33. The molecule has 0 spiro atoms. The molecule has 16 heavy (non-hydrogen) atoms. The van der Waals surface area contributed by atoms with Crippen molar-refractivity contribution in [3.63, 3.8) is 0 Å². The van der Waals surface area contributed by atoms with Crippen LogP contribution in [-0.4, -0.2) is 11.8 Å². The van der Waals surface area contributed by atoms with Gasteiger partial charge in [0.05, 0.1) is 0 Å². The Morgan fingerprint density at radius 1 is 1.19 bits per heavy atom. The Morgan fingerprint density at radius 2 is 1.75 bits per heavy atom. The van der Waals surface area contributed by atoms with Crippen molar-refractivity contribution in [3.05, 3.63) is 35.6 Å². The van der Waals surface area contributed by atoms with Crippen LogP contribution in [0.2, 0.25) is 0 Å². The van der Waals surface area contributed by atoms with Crippen LogP contribution in [0.15, 0.2) is 24.3 Å². The molecule has 0 bridgehead atoms. The summed E-state index contributed by atoms with van der Waals surface area (Å²) < 4.78 is 13.6. The SMILES string of the molecule is CC(C)C(CCl)(CCl)Cc1ccccc1F. The summed E-state index contributed by atoms with van der Waals surface area (Å²) in [5.41, 5.74) is 0.461. The van der Waals surface area contributed by atoms with Crippen molar-refractivity contribution < 1.29 is 4.39 Å². The molecule has 0 saturated carbocycles. The number of hydrogen-bond donors (Lipinski definition) is 0. The first-order chi connectivity index (χ1) is 7.55. The normalized spacial score (nSPS) is 12.1. The maximum Gasteiger partial charge on any atom is 0.126 e. The van der Waals surface area contributed by atoms with E-state index >= 15 is 0 Å². The molecule has 0 aliphatic heterocycles. The molecular weight excluding hydrogens is 246 g/mol. The molecule has 1 rings (SSSR count). The zero-order valence-electron chi connectivity index (χ0n) is 9.64. The Morgan fingerprint density at radius 3 is 2.19 bits per heavy atom. The van der Waals surface area contributed by atoms with Crippen LogP contribution in [0.1, 0.15) is 19.4 Å². The van der Waals surface area contributed by atoms with Gasteiger partial charge in [-0.05, 0) is 24.0 Å². The van der Waals surface area contributed by atoms with Gasteiger partial charge in [0.25, 0.3) is 0 Å². The van der Waals surface area contributed by atoms with Crippen LogP contribution < -0.4 is 0 Å². The van der Waals surface area contributed by atoms with E-state index in [1.54, 1.807) is 12.1 Å². The molecule has 0 N–H and O–H groups in total. The standard InChI is InChI=1S/C13H17Cl2F/c1-10(2)13(8-14,9-15)7-11-5-3-4-6-12(11)16/h3-6,10H,7-9H2,1-2H3. The number of halogens is 3. The summed E-state index contributed by atoms with van der Waals surface area (Å²) >= 11 is 12.0. The molecule has 90 valence electrons. The molecule has 0 atom stereocenters. The van der Waals surface area contributed by atoms with Gasteiger partial charge in [0.1, 0.15) is 5.82 Å². The van der Waals surface area contributed by atoms with Crippen molar-refractivity contribution in [2.75, 3.05) is 11.8 Å². The average Bonchev–Trinajstić information content (AvgIpc) is 2.28. The van der Waals surface area contributed by atoms with E-state index in [2.05, 4.69) is 13.8 Å². The third-order valence-electron chi connectivity index (χ3n) is 3.26. The summed E-state index contributed by atoms with van der Waals surface area (Å²) in [4.78, 5) is 0. The van der Waals surface area contributed by atoms with Crippen molar-refractivity contribution in [2.45, 2.75) is 20.3 Å². The summed E-state index contributed by atoms with van der Waals surface area (Å²) in [6.07, 6.45) is 0.588. The van der Waals surface area contributed by atoms with Crippen molar-refractivity contribution >= 4 is 23.2 Å². The molecule has 0 radical (unpaired) electrons. The minimum atomic E-state index is -0.231. The van der Waals surface area contributed by atoms with Crippen LogP contribution in [0.5, 0.6) is 0 Å². The Bertz CT molecular complexity index is 332. The van der Waals surface area contributed by atoms with Gasteiger partial charge >= 0.3 is 0 Å². The number of alkyl halides is 2. The number of rotatable bonds is 5. The third kappa shape index (κ3) is 2.89. The van der Waals surface area contributed by atoms with E-state index in [1.165, 1.54) is 6.07 Å². The van der Waals surface area contributed by atoms with Crippen molar-refractivity contribution in [3.8, 4) is 0 Å². The van der Waals surface area contributed by atoms with Gasteiger partial charge < -0.3 is 0 Å². The lowest BCUT2D eigenvalue weighted by atomic mass is 9.76. The summed E-state index contributed by atoms with van der Waals surface area (Å²) in [6.45, 7) is 4.15. The number of benzene rings is 1. The van der Waals surface area contributed by atoms with Crippen LogP contribution in [0.4, 0.5) is 4.39 Å². The molecule has 0 aliphatic carbocycles. The van der Waals surface area contributed by atoms with E-state index in [1.807, 2.05) is 6.07 Å². The van der Waals surface area contributed by atoms with E-state index < -0.39 is 0 Å². The molecule has 3 heteroatoms. The minimum absolute atomic E-state index is 0.178. The van der Waals surface area contributed by atoms with Crippen molar-refractivity contribution in [1.82, 2.24) is 0 Å². The molecule has 0 heterocycles. The van der Waals surface area contributed by atoms with Crippen LogP contribution in [-0.2, 0) is 6.42 Å². The predicted molar refractivity (Wildman–Crippen MR) is 68.8 cm³/mol. The molecule has 0 nitrogen and oxygen atoms in total. The first-order valence-electron chi connectivity index (χ1n) is 5.41.